The molecule has 1 heterocycles. The first kappa shape index (κ1) is 16.3. The van der Waals surface area contributed by atoms with E-state index in [1.807, 2.05) is 6.07 Å². The zero-order valence-electron chi connectivity index (χ0n) is 11.3. The van der Waals surface area contributed by atoms with Gasteiger partial charge in [-0.25, -0.2) is 0 Å². The Morgan fingerprint density at radius 1 is 1.45 bits per heavy atom. The van der Waals surface area contributed by atoms with Crippen molar-refractivity contribution in [1.82, 2.24) is 0 Å². The molecule has 1 atom stereocenters. The van der Waals surface area contributed by atoms with Gasteiger partial charge in [0.1, 0.15) is 0 Å². The topological polar surface area (TPSA) is 69.1 Å². The van der Waals surface area contributed by atoms with Gasteiger partial charge >= 0.3 is 0 Å². The lowest BCUT2D eigenvalue weighted by Crippen LogP contribution is -2.33. The van der Waals surface area contributed by atoms with E-state index in [1.165, 1.54) is 6.42 Å². The lowest BCUT2D eigenvalue weighted by atomic mass is 9.68. The lowest BCUT2D eigenvalue weighted by molar-refractivity contribution is -0.121. The molecule has 1 aliphatic carbocycles. The summed E-state index contributed by atoms with van der Waals surface area (Å²) in [5, 5.41) is 0.702. The third-order valence-corrected chi connectivity index (χ3v) is 6.75. The molecule has 0 radical (unpaired) electrons. The van der Waals surface area contributed by atoms with E-state index in [-0.39, 0.29) is 17.4 Å². The molecule has 6 heteroatoms. The largest absolute Gasteiger partial charge is 0.370 e. The van der Waals surface area contributed by atoms with Crippen molar-refractivity contribution < 1.29 is 4.79 Å². The number of carbonyl (C=O) groups is 1. The van der Waals surface area contributed by atoms with E-state index in [9.17, 15) is 4.79 Å². The summed E-state index contributed by atoms with van der Waals surface area (Å²) >= 11 is 11.1. The number of carbonyl (C=O) groups excluding carboxylic acids is 1. The van der Waals surface area contributed by atoms with Crippen LogP contribution in [0, 0.1) is 5.41 Å². The normalized spacial score (nSPS) is 19.8. The average molecular weight is 380 g/mol. The molecule has 4 N–H and O–H groups in total. The predicted molar refractivity (Wildman–Crippen MR) is 87.9 cm³/mol. The maximum atomic E-state index is 11.4. The van der Waals surface area contributed by atoms with Crippen LogP contribution in [0.4, 0.5) is 0 Å². The third kappa shape index (κ3) is 3.97. The number of hydrogen-bond donors (Lipinski definition) is 2. The van der Waals surface area contributed by atoms with Gasteiger partial charge < -0.3 is 11.5 Å². The molecule has 2 rings (SSSR count). The van der Waals surface area contributed by atoms with Crippen molar-refractivity contribution in [3.05, 3.63) is 19.8 Å². The van der Waals surface area contributed by atoms with Crippen LogP contribution in [0.25, 0.3) is 0 Å². The number of thiophene rings is 1. The summed E-state index contributed by atoms with van der Waals surface area (Å²) < 4.78 is 0.914. The molecular formula is C14H20BrClN2OS. The molecular weight excluding hydrogens is 360 g/mol. The van der Waals surface area contributed by atoms with E-state index in [4.69, 9.17) is 23.1 Å². The second kappa shape index (κ2) is 6.77. The van der Waals surface area contributed by atoms with Gasteiger partial charge in [-0.1, -0.05) is 30.9 Å². The summed E-state index contributed by atoms with van der Waals surface area (Å²) in [5.74, 6) is -0.218. The van der Waals surface area contributed by atoms with Crippen LogP contribution in [0.2, 0.25) is 5.02 Å². The van der Waals surface area contributed by atoms with E-state index in [0.29, 0.717) is 11.4 Å². The van der Waals surface area contributed by atoms with Crippen LogP contribution >= 0.6 is 38.9 Å². The van der Waals surface area contributed by atoms with Crippen molar-refractivity contribution in [2.45, 2.75) is 51.0 Å². The first-order valence-electron chi connectivity index (χ1n) is 6.90. The van der Waals surface area contributed by atoms with E-state index in [0.717, 1.165) is 40.8 Å². The monoisotopic (exact) mass is 378 g/mol. The van der Waals surface area contributed by atoms with E-state index in [1.54, 1.807) is 11.3 Å². The van der Waals surface area contributed by atoms with Gasteiger partial charge in [0.25, 0.3) is 0 Å². The van der Waals surface area contributed by atoms with Gasteiger partial charge in [-0.15, -0.1) is 11.3 Å². The molecule has 1 fully saturated rings. The summed E-state index contributed by atoms with van der Waals surface area (Å²) in [7, 11) is 0. The number of rotatable bonds is 5. The van der Waals surface area contributed by atoms with Gasteiger partial charge in [0.15, 0.2) is 0 Å². The maximum absolute atomic E-state index is 11.4. The zero-order valence-corrected chi connectivity index (χ0v) is 14.5. The number of amides is 1. The molecule has 0 spiro atoms. The fraction of sp³-hybridized carbons (Fsp3) is 0.643. The Labute approximate surface area is 137 Å². The molecule has 1 amide bonds. The summed E-state index contributed by atoms with van der Waals surface area (Å²) in [6.45, 7) is 0. The minimum absolute atomic E-state index is 0.0214. The molecule has 1 aromatic rings. The van der Waals surface area contributed by atoms with Crippen molar-refractivity contribution in [2.75, 3.05) is 0 Å². The lowest BCUT2D eigenvalue weighted by Gasteiger charge is -2.38. The second-order valence-corrected chi connectivity index (χ2v) is 8.59. The van der Waals surface area contributed by atoms with E-state index < -0.39 is 0 Å². The molecule has 112 valence electrons. The smallest absolute Gasteiger partial charge is 0.217 e. The van der Waals surface area contributed by atoms with Gasteiger partial charge in [0, 0.05) is 17.3 Å². The quantitative estimate of drug-likeness (QED) is 0.797. The molecule has 0 aromatic carbocycles. The Morgan fingerprint density at radius 2 is 2.10 bits per heavy atom. The third-order valence-electron chi connectivity index (χ3n) is 4.15. The van der Waals surface area contributed by atoms with Crippen LogP contribution in [0.15, 0.2) is 9.85 Å². The van der Waals surface area contributed by atoms with Gasteiger partial charge in [-0.05, 0) is 46.7 Å². The molecule has 0 aliphatic heterocycles. The highest BCUT2D eigenvalue weighted by atomic mass is 79.9. The summed E-state index contributed by atoms with van der Waals surface area (Å²) in [6, 6.07) is 1.84. The Morgan fingerprint density at radius 3 is 2.60 bits per heavy atom. The van der Waals surface area contributed by atoms with Crippen molar-refractivity contribution in [1.29, 1.82) is 0 Å². The molecule has 3 nitrogen and oxygen atoms in total. The second-order valence-electron chi connectivity index (χ2n) is 5.78. The van der Waals surface area contributed by atoms with Crippen LogP contribution in [0.1, 0.15) is 55.9 Å². The summed E-state index contributed by atoms with van der Waals surface area (Å²) in [6.07, 6.45) is 6.91. The number of halogens is 2. The van der Waals surface area contributed by atoms with Crippen molar-refractivity contribution in [3.63, 3.8) is 0 Å². The molecule has 1 saturated carbocycles. The van der Waals surface area contributed by atoms with Crippen LogP contribution in [-0.2, 0) is 4.79 Å². The fourth-order valence-electron chi connectivity index (χ4n) is 3.24. The summed E-state index contributed by atoms with van der Waals surface area (Å²) in [5.41, 5.74) is 11.8. The van der Waals surface area contributed by atoms with Gasteiger partial charge in [0.05, 0.1) is 8.81 Å². The van der Waals surface area contributed by atoms with E-state index >= 15 is 0 Å². The molecule has 1 aliphatic rings. The predicted octanol–water partition coefficient (Wildman–Crippen LogP) is 4.38. The number of nitrogens with two attached hydrogens (primary N) is 2. The van der Waals surface area contributed by atoms with Crippen molar-refractivity contribution in [2.24, 2.45) is 16.9 Å². The molecule has 0 saturated heterocycles. The van der Waals surface area contributed by atoms with Crippen LogP contribution < -0.4 is 11.5 Å². The Hall–Kier alpha value is -0.100. The maximum Gasteiger partial charge on any atom is 0.217 e. The van der Waals surface area contributed by atoms with Crippen molar-refractivity contribution >= 4 is 44.8 Å². The standard InChI is InChI=1S/C14H20BrClN2OS/c15-13-9(16)6-11(20-13)10(17)7-14(8-12(18)19)4-2-1-3-5-14/h6,10H,1-5,7-8,17H2,(H2,18,19). The van der Waals surface area contributed by atoms with Gasteiger partial charge in [0.2, 0.25) is 5.91 Å². The van der Waals surface area contributed by atoms with E-state index in [2.05, 4.69) is 15.9 Å². The average Bonchev–Trinajstić information content (AvgIpc) is 2.69. The Balaban J connectivity index is 2.12. The van der Waals surface area contributed by atoms with Crippen LogP contribution in [-0.4, -0.2) is 5.91 Å². The van der Waals surface area contributed by atoms with Gasteiger partial charge in [-0.2, -0.15) is 0 Å². The number of primary amides is 1. The first-order valence-corrected chi connectivity index (χ1v) is 8.89. The highest BCUT2D eigenvalue weighted by molar-refractivity contribution is 9.11. The first-order chi connectivity index (χ1) is 9.42. The van der Waals surface area contributed by atoms with Crippen molar-refractivity contribution in [3.8, 4) is 0 Å². The molecule has 1 aromatic heterocycles. The van der Waals surface area contributed by atoms with Crippen LogP contribution in [0.5, 0.6) is 0 Å². The molecule has 1 unspecified atom stereocenters. The highest BCUT2D eigenvalue weighted by Crippen LogP contribution is 2.46. The molecule has 0 bridgehead atoms. The van der Waals surface area contributed by atoms with Crippen LogP contribution in [0.3, 0.4) is 0 Å². The Kier molecular flexibility index (Phi) is 5.51. The minimum Gasteiger partial charge on any atom is -0.370 e. The minimum atomic E-state index is -0.218. The number of hydrogen-bond acceptors (Lipinski definition) is 3. The summed E-state index contributed by atoms with van der Waals surface area (Å²) in [4.78, 5) is 12.5. The zero-order chi connectivity index (χ0) is 14.8. The SMILES string of the molecule is NC(=O)CC1(CC(N)c2cc(Cl)c(Br)s2)CCCCC1. The Bertz CT molecular complexity index is 466. The highest BCUT2D eigenvalue weighted by Gasteiger charge is 2.35. The fourth-order valence-corrected chi connectivity index (χ4v) is 4.99. The van der Waals surface area contributed by atoms with Gasteiger partial charge in [-0.3, -0.25) is 4.79 Å². The molecule has 20 heavy (non-hydrogen) atoms.